The summed E-state index contributed by atoms with van der Waals surface area (Å²) in [6.07, 6.45) is 3.84. The standard InChI is InChI=1S/C18H22N2/c1-3-7-16(8-4-1)19-14-15-11-12-18(13-15)20-17-9-5-2-6-10-17/h1-10,15,18-20H,11-14H2. The topological polar surface area (TPSA) is 24.1 Å². The van der Waals surface area contributed by atoms with Gasteiger partial charge in [0.15, 0.2) is 0 Å². The molecule has 0 heterocycles. The number of para-hydroxylation sites is 2. The summed E-state index contributed by atoms with van der Waals surface area (Å²) in [5, 5.41) is 7.18. The van der Waals surface area contributed by atoms with Gasteiger partial charge in [0.25, 0.3) is 0 Å². The van der Waals surface area contributed by atoms with E-state index in [-0.39, 0.29) is 0 Å². The van der Waals surface area contributed by atoms with E-state index in [9.17, 15) is 0 Å². The Morgan fingerprint density at radius 2 is 1.45 bits per heavy atom. The second kappa shape index (κ2) is 6.47. The number of benzene rings is 2. The molecule has 0 aliphatic heterocycles. The van der Waals surface area contributed by atoms with Gasteiger partial charge in [0, 0.05) is 24.0 Å². The maximum Gasteiger partial charge on any atom is 0.0342 e. The van der Waals surface area contributed by atoms with Gasteiger partial charge in [-0.25, -0.2) is 0 Å². The van der Waals surface area contributed by atoms with Gasteiger partial charge in [0.05, 0.1) is 0 Å². The lowest BCUT2D eigenvalue weighted by Crippen LogP contribution is -2.17. The Kier molecular flexibility index (Phi) is 4.22. The highest BCUT2D eigenvalue weighted by molar-refractivity contribution is 5.44. The van der Waals surface area contributed by atoms with Gasteiger partial charge in [0.2, 0.25) is 0 Å². The summed E-state index contributed by atoms with van der Waals surface area (Å²) in [7, 11) is 0. The molecule has 0 bridgehead atoms. The molecule has 0 saturated heterocycles. The molecule has 3 rings (SSSR count). The maximum atomic E-state index is 3.64. The third-order valence-corrected chi connectivity index (χ3v) is 4.05. The van der Waals surface area contributed by atoms with Crippen LogP contribution in [0, 0.1) is 5.92 Å². The van der Waals surface area contributed by atoms with Crippen molar-refractivity contribution in [3.8, 4) is 0 Å². The van der Waals surface area contributed by atoms with Crippen LogP contribution in [0.25, 0.3) is 0 Å². The molecule has 2 N–H and O–H groups in total. The highest BCUT2D eigenvalue weighted by atomic mass is 14.9. The van der Waals surface area contributed by atoms with Crippen molar-refractivity contribution in [1.29, 1.82) is 0 Å². The fourth-order valence-electron chi connectivity index (χ4n) is 2.98. The molecule has 2 atom stereocenters. The molecule has 2 aromatic rings. The number of hydrogen-bond donors (Lipinski definition) is 2. The van der Waals surface area contributed by atoms with Crippen molar-refractivity contribution in [2.24, 2.45) is 5.92 Å². The van der Waals surface area contributed by atoms with Gasteiger partial charge in [-0.05, 0) is 49.4 Å². The van der Waals surface area contributed by atoms with Crippen LogP contribution in [-0.4, -0.2) is 12.6 Å². The number of nitrogens with one attached hydrogen (secondary N) is 2. The number of anilines is 2. The zero-order valence-corrected chi connectivity index (χ0v) is 11.8. The maximum absolute atomic E-state index is 3.64. The van der Waals surface area contributed by atoms with E-state index in [4.69, 9.17) is 0 Å². The fraction of sp³-hybridized carbons (Fsp3) is 0.333. The molecule has 20 heavy (non-hydrogen) atoms. The predicted octanol–water partition coefficient (Wildman–Crippen LogP) is 4.38. The van der Waals surface area contributed by atoms with Crippen molar-refractivity contribution in [3.63, 3.8) is 0 Å². The number of hydrogen-bond acceptors (Lipinski definition) is 2. The van der Waals surface area contributed by atoms with Crippen LogP contribution in [-0.2, 0) is 0 Å². The molecule has 1 saturated carbocycles. The highest BCUT2D eigenvalue weighted by Gasteiger charge is 2.24. The van der Waals surface area contributed by atoms with E-state index in [0.717, 1.165) is 12.5 Å². The Labute approximate surface area is 121 Å². The third-order valence-electron chi connectivity index (χ3n) is 4.05. The van der Waals surface area contributed by atoms with Crippen LogP contribution in [0.1, 0.15) is 19.3 Å². The second-order valence-electron chi connectivity index (χ2n) is 5.63. The number of rotatable bonds is 5. The summed E-state index contributed by atoms with van der Waals surface area (Å²) in [4.78, 5) is 0. The summed E-state index contributed by atoms with van der Waals surface area (Å²) in [5.74, 6) is 0.774. The van der Waals surface area contributed by atoms with Crippen LogP contribution < -0.4 is 10.6 Å². The van der Waals surface area contributed by atoms with Crippen molar-refractivity contribution in [2.45, 2.75) is 25.3 Å². The van der Waals surface area contributed by atoms with Crippen molar-refractivity contribution >= 4 is 11.4 Å². The van der Waals surface area contributed by atoms with E-state index in [2.05, 4.69) is 71.3 Å². The Bertz CT molecular complexity index is 509. The molecule has 1 fully saturated rings. The van der Waals surface area contributed by atoms with Gasteiger partial charge in [0.1, 0.15) is 0 Å². The van der Waals surface area contributed by atoms with Gasteiger partial charge in [-0.1, -0.05) is 36.4 Å². The quantitative estimate of drug-likeness (QED) is 0.839. The van der Waals surface area contributed by atoms with Gasteiger partial charge in [-0.2, -0.15) is 0 Å². The lowest BCUT2D eigenvalue weighted by molar-refractivity contribution is 0.572. The molecule has 0 amide bonds. The van der Waals surface area contributed by atoms with Crippen LogP contribution in [0.2, 0.25) is 0 Å². The zero-order chi connectivity index (χ0) is 13.6. The summed E-state index contributed by atoms with van der Waals surface area (Å²) in [5.41, 5.74) is 2.47. The molecule has 0 radical (unpaired) electrons. The molecule has 0 spiro atoms. The first-order valence-corrected chi connectivity index (χ1v) is 7.50. The summed E-state index contributed by atoms with van der Waals surface area (Å²) in [6.45, 7) is 1.08. The average molecular weight is 266 g/mol. The fourth-order valence-corrected chi connectivity index (χ4v) is 2.98. The first kappa shape index (κ1) is 13.0. The van der Waals surface area contributed by atoms with Gasteiger partial charge in [-0.3, -0.25) is 0 Å². The van der Waals surface area contributed by atoms with Crippen LogP contribution in [0.15, 0.2) is 60.7 Å². The summed E-state index contributed by atoms with van der Waals surface area (Å²) >= 11 is 0. The molecule has 104 valence electrons. The Balaban J connectivity index is 1.45. The summed E-state index contributed by atoms with van der Waals surface area (Å²) < 4.78 is 0. The molecular weight excluding hydrogens is 244 g/mol. The van der Waals surface area contributed by atoms with Crippen molar-refractivity contribution < 1.29 is 0 Å². The molecular formula is C18H22N2. The molecule has 2 aromatic carbocycles. The Hall–Kier alpha value is -1.96. The monoisotopic (exact) mass is 266 g/mol. The van der Waals surface area contributed by atoms with Crippen molar-refractivity contribution in [2.75, 3.05) is 17.2 Å². The van der Waals surface area contributed by atoms with Gasteiger partial charge >= 0.3 is 0 Å². The average Bonchev–Trinajstić information content (AvgIpc) is 2.95. The SMILES string of the molecule is c1ccc(NCC2CCC(Nc3ccccc3)C2)cc1. The zero-order valence-electron chi connectivity index (χ0n) is 11.8. The van der Waals surface area contributed by atoms with Crippen LogP contribution in [0.5, 0.6) is 0 Å². The van der Waals surface area contributed by atoms with Gasteiger partial charge < -0.3 is 10.6 Å². The first-order valence-electron chi connectivity index (χ1n) is 7.50. The normalized spacial score (nSPS) is 21.6. The van der Waals surface area contributed by atoms with Crippen LogP contribution >= 0.6 is 0 Å². The van der Waals surface area contributed by atoms with E-state index < -0.39 is 0 Å². The summed E-state index contributed by atoms with van der Waals surface area (Å²) in [6, 6.07) is 21.6. The second-order valence-corrected chi connectivity index (χ2v) is 5.63. The minimum absolute atomic E-state index is 0.625. The molecule has 0 aromatic heterocycles. The minimum Gasteiger partial charge on any atom is -0.385 e. The Morgan fingerprint density at radius 1 is 0.800 bits per heavy atom. The molecule has 1 aliphatic rings. The van der Waals surface area contributed by atoms with Crippen LogP contribution in [0.4, 0.5) is 11.4 Å². The third kappa shape index (κ3) is 3.53. The lowest BCUT2D eigenvalue weighted by atomic mass is 10.1. The van der Waals surface area contributed by atoms with Gasteiger partial charge in [-0.15, -0.1) is 0 Å². The Morgan fingerprint density at radius 3 is 2.15 bits per heavy atom. The molecule has 2 unspecified atom stereocenters. The van der Waals surface area contributed by atoms with E-state index >= 15 is 0 Å². The van der Waals surface area contributed by atoms with E-state index in [1.807, 2.05) is 0 Å². The highest BCUT2D eigenvalue weighted by Crippen LogP contribution is 2.28. The predicted molar refractivity (Wildman–Crippen MR) is 86.1 cm³/mol. The van der Waals surface area contributed by atoms with E-state index in [1.165, 1.54) is 30.6 Å². The minimum atomic E-state index is 0.625. The van der Waals surface area contributed by atoms with Crippen molar-refractivity contribution in [1.82, 2.24) is 0 Å². The lowest BCUT2D eigenvalue weighted by Gasteiger charge is -2.15. The van der Waals surface area contributed by atoms with Crippen LogP contribution in [0.3, 0.4) is 0 Å². The molecule has 2 nitrogen and oxygen atoms in total. The molecule has 1 aliphatic carbocycles. The first-order chi connectivity index (χ1) is 9.90. The van der Waals surface area contributed by atoms with Crippen molar-refractivity contribution in [3.05, 3.63) is 60.7 Å². The largest absolute Gasteiger partial charge is 0.385 e. The van der Waals surface area contributed by atoms with E-state index in [1.54, 1.807) is 0 Å². The van der Waals surface area contributed by atoms with E-state index in [0.29, 0.717) is 6.04 Å². The molecule has 2 heteroatoms. The smallest absolute Gasteiger partial charge is 0.0342 e.